The molecule has 0 radical (unpaired) electrons. The minimum Gasteiger partial charge on any atom is -0.466 e. The Balaban J connectivity index is 1.27. The summed E-state index contributed by atoms with van der Waals surface area (Å²) in [5.41, 5.74) is 1.24. The summed E-state index contributed by atoms with van der Waals surface area (Å²) in [7, 11) is 0. The molecule has 146 valence electrons. The molecular formula is C22H32N4O. The zero-order chi connectivity index (χ0) is 18.6. The molecule has 0 aromatic carbocycles. The number of aryl methyl sites for hydroxylation is 1. The molecule has 2 aliphatic heterocycles. The first kappa shape index (κ1) is 18.5. The third-order valence-electron chi connectivity index (χ3n) is 6.23. The van der Waals surface area contributed by atoms with Gasteiger partial charge in [0.25, 0.3) is 0 Å². The van der Waals surface area contributed by atoms with Gasteiger partial charge in [0.15, 0.2) is 0 Å². The Bertz CT molecular complexity index is 729. The molecule has 0 saturated carbocycles. The Morgan fingerprint density at radius 3 is 2.59 bits per heavy atom. The van der Waals surface area contributed by atoms with Crippen LogP contribution in [0.25, 0.3) is 0 Å². The van der Waals surface area contributed by atoms with Crippen molar-refractivity contribution in [1.29, 1.82) is 0 Å². The third-order valence-corrected chi connectivity index (χ3v) is 6.23. The van der Waals surface area contributed by atoms with E-state index in [1.54, 1.807) is 6.33 Å². The van der Waals surface area contributed by atoms with Crippen LogP contribution in [-0.4, -0.2) is 47.6 Å². The van der Waals surface area contributed by atoms with Crippen LogP contribution in [0.2, 0.25) is 0 Å². The highest BCUT2D eigenvalue weighted by atomic mass is 16.3. The molecule has 2 aromatic rings. The molecule has 2 saturated heterocycles. The molecule has 5 nitrogen and oxygen atoms in total. The van der Waals surface area contributed by atoms with Crippen LogP contribution in [0.3, 0.4) is 0 Å². The van der Waals surface area contributed by atoms with E-state index in [0.29, 0.717) is 11.8 Å². The van der Waals surface area contributed by atoms with Gasteiger partial charge in [0.2, 0.25) is 0 Å². The topological polar surface area (TPSA) is 45.4 Å². The van der Waals surface area contributed by atoms with Gasteiger partial charge in [-0.25, -0.2) is 9.97 Å². The van der Waals surface area contributed by atoms with Crippen molar-refractivity contribution < 1.29 is 4.42 Å². The number of hydrogen-bond donors (Lipinski definition) is 0. The van der Waals surface area contributed by atoms with Crippen molar-refractivity contribution >= 4 is 5.82 Å². The molecule has 1 atom stereocenters. The van der Waals surface area contributed by atoms with E-state index in [1.807, 2.05) is 6.92 Å². The molecular weight excluding hydrogens is 336 g/mol. The Kier molecular flexibility index (Phi) is 5.77. The van der Waals surface area contributed by atoms with Gasteiger partial charge in [0.1, 0.15) is 23.7 Å². The fraction of sp³-hybridized carbons (Fsp3) is 0.636. The molecule has 5 heteroatoms. The highest BCUT2D eigenvalue weighted by Crippen LogP contribution is 2.30. The standard InChI is InChI=1S/C22H32N4O/c1-17(21-6-5-18(2)27-21)7-12-25-13-8-19(9-14-25)20-15-22(24-16-23-20)26-10-3-4-11-26/h5-6,15-17,19H,3-4,7-14H2,1-2H3/t17-/m0/s1. The second kappa shape index (κ2) is 8.42. The Morgan fingerprint density at radius 1 is 1.11 bits per heavy atom. The predicted octanol–water partition coefficient (Wildman–Crippen LogP) is 4.35. The first-order chi connectivity index (χ1) is 13.2. The van der Waals surface area contributed by atoms with Crippen LogP contribution >= 0.6 is 0 Å². The monoisotopic (exact) mass is 368 g/mol. The lowest BCUT2D eigenvalue weighted by molar-refractivity contribution is 0.203. The van der Waals surface area contributed by atoms with Crippen LogP contribution in [0.4, 0.5) is 5.82 Å². The zero-order valence-corrected chi connectivity index (χ0v) is 16.7. The maximum Gasteiger partial charge on any atom is 0.132 e. The van der Waals surface area contributed by atoms with Gasteiger partial charge < -0.3 is 14.2 Å². The van der Waals surface area contributed by atoms with Crippen molar-refractivity contribution in [2.24, 2.45) is 0 Å². The van der Waals surface area contributed by atoms with Gasteiger partial charge in [-0.1, -0.05) is 6.92 Å². The van der Waals surface area contributed by atoms with E-state index in [2.05, 4.69) is 44.9 Å². The molecule has 0 unspecified atom stereocenters. The number of piperidine rings is 1. The maximum atomic E-state index is 5.78. The van der Waals surface area contributed by atoms with Crippen molar-refractivity contribution in [3.63, 3.8) is 0 Å². The van der Waals surface area contributed by atoms with Crippen LogP contribution in [0, 0.1) is 6.92 Å². The van der Waals surface area contributed by atoms with Crippen molar-refractivity contribution in [2.45, 2.75) is 57.8 Å². The van der Waals surface area contributed by atoms with Crippen molar-refractivity contribution in [3.8, 4) is 0 Å². The molecule has 0 bridgehead atoms. The third kappa shape index (κ3) is 4.52. The molecule has 4 heterocycles. The lowest BCUT2D eigenvalue weighted by atomic mass is 9.92. The van der Waals surface area contributed by atoms with Gasteiger partial charge in [0, 0.05) is 36.7 Å². The number of anilines is 1. The van der Waals surface area contributed by atoms with Crippen LogP contribution < -0.4 is 4.90 Å². The summed E-state index contributed by atoms with van der Waals surface area (Å²) in [5.74, 6) is 4.33. The van der Waals surface area contributed by atoms with Crippen molar-refractivity contribution in [1.82, 2.24) is 14.9 Å². The van der Waals surface area contributed by atoms with E-state index in [9.17, 15) is 0 Å². The SMILES string of the molecule is Cc1ccc([C@@H](C)CCN2CCC(c3cc(N4CCCC4)ncn3)CC2)o1. The number of furan rings is 1. The number of nitrogens with zero attached hydrogens (tertiary/aromatic N) is 4. The number of hydrogen-bond acceptors (Lipinski definition) is 5. The Morgan fingerprint density at radius 2 is 1.89 bits per heavy atom. The zero-order valence-electron chi connectivity index (χ0n) is 16.7. The number of rotatable bonds is 6. The van der Waals surface area contributed by atoms with Gasteiger partial charge in [-0.05, 0) is 70.8 Å². The van der Waals surface area contributed by atoms with E-state index in [4.69, 9.17) is 4.42 Å². The molecule has 4 rings (SSSR count). The van der Waals surface area contributed by atoms with Crippen molar-refractivity contribution in [2.75, 3.05) is 37.6 Å². The number of likely N-dealkylation sites (tertiary alicyclic amines) is 1. The van der Waals surface area contributed by atoms with Gasteiger partial charge in [-0.15, -0.1) is 0 Å². The second-order valence-electron chi connectivity index (χ2n) is 8.25. The Labute approximate surface area is 162 Å². The summed E-state index contributed by atoms with van der Waals surface area (Å²) in [6, 6.07) is 6.43. The maximum absolute atomic E-state index is 5.78. The molecule has 2 aliphatic rings. The first-order valence-corrected chi connectivity index (χ1v) is 10.5. The average molecular weight is 369 g/mol. The van der Waals surface area contributed by atoms with E-state index >= 15 is 0 Å². The van der Waals surface area contributed by atoms with Crippen LogP contribution in [0.15, 0.2) is 28.9 Å². The molecule has 0 amide bonds. The minimum absolute atomic E-state index is 0.487. The fourth-order valence-corrected chi connectivity index (χ4v) is 4.39. The molecule has 2 fully saturated rings. The first-order valence-electron chi connectivity index (χ1n) is 10.5. The highest BCUT2D eigenvalue weighted by molar-refractivity contribution is 5.40. The predicted molar refractivity (Wildman–Crippen MR) is 108 cm³/mol. The van der Waals surface area contributed by atoms with Crippen LogP contribution in [-0.2, 0) is 0 Å². The summed E-state index contributed by atoms with van der Waals surface area (Å²) >= 11 is 0. The minimum atomic E-state index is 0.487. The van der Waals surface area contributed by atoms with Crippen LogP contribution in [0.5, 0.6) is 0 Å². The van der Waals surface area contributed by atoms with E-state index in [-0.39, 0.29) is 0 Å². The van der Waals surface area contributed by atoms with E-state index in [0.717, 1.165) is 56.5 Å². The number of aromatic nitrogens is 2. The molecule has 27 heavy (non-hydrogen) atoms. The normalized spacial score (nSPS) is 20.3. The summed E-state index contributed by atoms with van der Waals surface area (Å²) in [6.07, 6.45) is 7.89. The van der Waals surface area contributed by atoms with Gasteiger partial charge in [-0.3, -0.25) is 0 Å². The average Bonchev–Trinajstić information content (AvgIpc) is 3.39. The van der Waals surface area contributed by atoms with Gasteiger partial charge in [0.05, 0.1) is 0 Å². The summed E-state index contributed by atoms with van der Waals surface area (Å²) < 4.78 is 5.78. The quantitative estimate of drug-likeness (QED) is 0.758. The molecule has 0 aliphatic carbocycles. The van der Waals surface area contributed by atoms with E-state index in [1.165, 1.54) is 31.4 Å². The van der Waals surface area contributed by atoms with E-state index < -0.39 is 0 Å². The van der Waals surface area contributed by atoms with Gasteiger partial charge in [-0.2, -0.15) is 0 Å². The summed E-state index contributed by atoms with van der Waals surface area (Å²) in [6.45, 7) is 10.0. The lowest BCUT2D eigenvalue weighted by Gasteiger charge is -2.32. The Hall–Kier alpha value is -1.88. The smallest absolute Gasteiger partial charge is 0.132 e. The highest BCUT2D eigenvalue weighted by Gasteiger charge is 2.23. The van der Waals surface area contributed by atoms with Crippen molar-refractivity contribution in [3.05, 3.63) is 41.7 Å². The largest absolute Gasteiger partial charge is 0.466 e. The molecule has 0 N–H and O–H groups in total. The summed E-state index contributed by atoms with van der Waals surface area (Å²) in [4.78, 5) is 14.1. The second-order valence-corrected chi connectivity index (χ2v) is 8.25. The lowest BCUT2D eigenvalue weighted by Crippen LogP contribution is -2.34. The fourth-order valence-electron chi connectivity index (χ4n) is 4.39. The molecule has 0 spiro atoms. The van der Waals surface area contributed by atoms with Crippen LogP contribution in [0.1, 0.15) is 68.1 Å². The van der Waals surface area contributed by atoms with Gasteiger partial charge >= 0.3 is 0 Å². The summed E-state index contributed by atoms with van der Waals surface area (Å²) in [5, 5.41) is 0. The molecule has 2 aromatic heterocycles.